The lowest BCUT2D eigenvalue weighted by molar-refractivity contribution is -0.384. The van der Waals surface area contributed by atoms with E-state index in [-0.39, 0.29) is 29.3 Å². The molecule has 1 saturated heterocycles. The Labute approximate surface area is 184 Å². The fourth-order valence-electron chi connectivity index (χ4n) is 4.94. The zero-order valence-corrected chi connectivity index (χ0v) is 17.3. The first kappa shape index (κ1) is 20.2. The van der Waals surface area contributed by atoms with Crippen molar-refractivity contribution in [3.63, 3.8) is 0 Å². The van der Waals surface area contributed by atoms with Gasteiger partial charge in [0.2, 0.25) is 5.91 Å². The Morgan fingerprint density at radius 1 is 1.09 bits per heavy atom. The maximum absolute atomic E-state index is 12.7. The Bertz CT molecular complexity index is 1080. The number of nitrogens with zero attached hydrogens (tertiary/aromatic N) is 4. The number of allylic oxidation sites excluding steroid dienone is 2. The highest BCUT2D eigenvalue weighted by atomic mass is 16.6. The fraction of sp³-hybridized carbons (Fsp3) is 0.348. The Balaban J connectivity index is 1.29. The summed E-state index contributed by atoms with van der Waals surface area (Å²) in [7, 11) is 0. The summed E-state index contributed by atoms with van der Waals surface area (Å²) in [6.45, 7) is 2.66. The van der Waals surface area contributed by atoms with Crippen LogP contribution < -0.4 is 15.1 Å². The zero-order chi connectivity index (χ0) is 22.2. The molecule has 3 aliphatic rings. The second-order valence-electron chi connectivity index (χ2n) is 8.39. The Morgan fingerprint density at radius 3 is 2.47 bits per heavy atom. The monoisotopic (exact) mass is 433 g/mol. The van der Waals surface area contributed by atoms with Crippen LogP contribution in [0.3, 0.4) is 0 Å². The van der Waals surface area contributed by atoms with E-state index in [1.54, 1.807) is 18.3 Å². The number of anilines is 3. The maximum atomic E-state index is 12.7. The van der Waals surface area contributed by atoms with E-state index in [0.717, 1.165) is 12.1 Å². The van der Waals surface area contributed by atoms with E-state index in [0.29, 0.717) is 37.6 Å². The van der Waals surface area contributed by atoms with Gasteiger partial charge in [0.25, 0.3) is 5.69 Å². The van der Waals surface area contributed by atoms with Gasteiger partial charge in [-0.1, -0.05) is 18.2 Å². The predicted octanol–water partition coefficient (Wildman–Crippen LogP) is 2.50. The summed E-state index contributed by atoms with van der Waals surface area (Å²) in [6.07, 6.45) is 6.50. The van der Waals surface area contributed by atoms with Gasteiger partial charge in [-0.2, -0.15) is 0 Å². The number of nitro benzene ring substituents is 1. The van der Waals surface area contributed by atoms with Crippen LogP contribution in [0.1, 0.15) is 0 Å². The van der Waals surface area contributed by atoms with Crippen molar-refractivity contribution in [1.82, 2.24) is 4.98 Å². The summed E-state index contributed by atoms with van der Waals surface area (Å²) < 4.78 is 0. The third kappa shape index (κ3) is 3.39. The number of carbonyl (C=O) groups is 2. The molecule has 4 atom stereocenters. The van der Waals surface area contributed by atoms with Gasteiger partial charge < -0.3 is 19.9 Å². The predicted molar refractivity (Wildman–Crippen MR) is 120 cm³/mol. The number of aromatic nitrogens is 1. The minimum atomic E-state index is -0.418. The molecule has 32 heavy (non-hydrogen) atoms. The number of benzene rings is 1. The van der Waals surface area contributed by atoms with Crippen LogP contribution in [-0.4, -0.2) is 48.3 Å². The summed E-state index contributed by atoms with van der Waals surface area (Å²) >= 11 is 0. The van der Waals surface area contributed by atoms with Gasteiger partial charge in [0.1, 0.15) is 17.8 Å². The largest absolute Gasteiger partial charge is 0.362 e. The molecule has 9 nitrogen and oxygen atoms in total. The molecule has 2 aliphatic carbocycles. The Kier molecular flexibility index (Phi) is 5.08. The van der Waals surface area contributed by atoms with E-state index in [2.05, 4.69) is 15.2 Å². The average molecular weight is 433 g/mol. The molecule has 1 aromatic carbocycles. The Morgan fingerprint density at radius 2 is 1.84 bits per heavy atom. The summed E-state index contributed by atoms with van der Waals surface area (Å²) in [5.74, 6) is 0.168. The number of carbonyl (C=O) groups excluding carboxylic acids is 2. The SMILES string of the molecule is O=CC1C2C=CC2C1C(=O)Nc1ccc(N2CCN(c3ccccn3)CC2)c([N+](=O)[O-])c1. The van der Waals surface area contributed by atoms with Crippen molar-refractivity contribution in [3.05, 3.63) is 64.9 Å². The van der Waals surface area contributed by atoms with Gasteiger partial charge in [0.15, 0.2) is 0 Å². The lowest BCUT2D eigenvalue weighted by Gasteiger charge is -2.51. The standard InChI is InChI=1S/C23H23N5O4/c29-14-18-16-5-6-17(16)22(18)23(30)25-15-4-7-19(20(13-15)28(31)32)26-9-11-27(12-10-26)21-3-1-2-8-24-21/h1-8,13-14,16-18,22H,9-12H2,(H,25,30). The molecule has 0 bridgehead atoms. The molecule has 4 unspecified atom stereocenters. The van der Waals surface area contributed by atoms with Crippen molar-refractivity contribution in [3.8, 4) is 0 Å². The molecule has 1 N–H and O–H groups in total. The van der Waals surface area contributed by atoms with Gasteiger partial charge in [0, 0.05) is 50.0 Å². The molecule has 2 heterocycles. The smallest absolute Gasteiger partial charge is 0.294 e. The second-order valence-corrected chi connectivity index (χ2v) is 8.39. The van der Waals surface area contributed by atoms with Gasteiger partial charge in [-0.15, -0.1) is 0 Å². The topological polar surface area (TPSA) is 109 Å². The average Bonchev–Trinajstić information content (AvgIpc) is 2.80. The van der Waals surface area contributed by atoms with Crippen LogP contribution in [0.5, 0.6) is 0 Å². The fourth-order valence-corrected chi connectivity index (χ4v) is 4.94. The number of hydrogen-bond donors (Lipinski definition) is 1. The van der Waals surface area contributed by atoms with E-state index < -0.39 is 10.8 Å². The highest BCUT2D eigenvalue weighted by molar-refractivity contribution is 5.96. The number of nitrogens with one attached hydrogen (secondary N) is 1. The number of nitro groups is 1. The molecule has 9 heteroatoms. The van der Waals surface area contributed by atoms with Gasteiger partial charge in [-0.05, 0) is 36.1 Å². The first-order valence-corrected chi connectivity index (χ1v) is 10.7. The quantitative estimate of drug-likeness (QED) is 0.323. The maximum Gasteiger partial charge on any atom is 0.294 e. The molecule has 5 rings (SSSR count). The van der Waals surface area contributed by atoms with Crippen LogP contribution in [0.4, 0.5) is 22.9 Å². The number of piperazine rings is 1. The highest BCUT2D eigenvalue weighted by Gasteiger charge is 2.55. The van der Waals surface area contributed by atoms with E-state index in [4.69, 9.17) is 0 Å². The van der Waals surface area contributed by atoms with Gasteiger partial charge in [-0.3, -0.25) is 14.9 Å². The van der Waals surface area contributed by atoms with Crippen LogP contribution in [0.25, 0.3) is 0 Å². The first-order valence-electron chi connectivity index (χ1n) is 10.7. The van der Waals surface area contributed by atoms with Gasteiger partial charge >= 0.3 is 0 Å². The second kappa shape index (κ2) is 8.07. The molecular weight excluding hydrogens is 410 g/mol. The Hall–Kier alpha value is -3.75. The summed E-state index contributed by atoms with van der Waals surface area (Å²) in [5.41, 5.74) is 0.857. The molecule has 2 fully saturated rings. The van der Waals surface area contributed by atoms with Gasteiger partial charge in [0.05, 0.1) is 10.8 Å². The minimum absolute atomic E-state index is 0.0453. The molecule has 0 spiro atoms. The number of fused-ring (bicyclic) bond motifs is 1. The zero-order valence-electron chi connectivity index (χ0n) is 17.3. The highest BCUT2D eigenvalue weighted by Crippen LogP contribution is 2.52. The van der Waals surface area contributed by atoms with E-state index in [9.17, 15) is 19.7 Å². The van der Waals surface area contributed by atoms with Crippen molar-refractivity contribution in [2.45, 2.75) is 0 Å². The van der Waals surface area contributed by atoms with Crippen molar-refractivity contribution >= 4 is 35.1 Å². The number of pyridine rings is 1. The third-order valence-corrected chi connectivity index (χ3v) is 6.77. The summed E-state index contributed by atoms with van der Waals surface area (Å²) in [4.78, 5) is 43.9. The molecule has 1 aliphatic heterocycles. The van der Waals surface area contributed by atoms with Crippen LogP contribution in [0, 0.1) is 33.8 Å². The van der Waals surface area contributed by atoms with Crippen LogP contribution in [0.15, 0.2) is 54.7 Å². The molecule has 164 valence electrons. The molecule has 1 saturated carbocycles. The molecule has 1 amide bonds. The van der Waals surface area contributed by atoms with E-state index in [1.165, 1.54) is 6.07 Å². The normalized spacial score (nSPS) is 25.9. The van der Waals surface area contributed by atoms with Crippen molar-refractivity contribution in [2.24, 2.45) is 23.7 Å². The van der Waals surface area contributed by atoms with Crippen molar-refractivity contribution in [2.75, 3.05) is 41.3 Å². The molecule has 2 aromatic rings. The van der Waals surface area contributed by atoms with Crippen molar-refractivity contribution in [1.29, 1.82) is 0 Å². The first-order chi connectivity index (χ1) is 15.6. The van der Waals surface area contributed by atoms with Gasteiger partial charge in [-0.25, -0.2) is 4.98 Å². The van der Waals surface area contributed by atoms with Crippen LogP contribution >= 0.6 is 0 Å². The van der Waals surface area contributed by atoms with Crippen molar-refractivity contribution < 1.29 is 14.5 Å². The lowest BCUT2D eigenvalue weighted by atomic mass is 9.51. The molecule has 0 radical (unpaired) electrons. The minimum Gasteiger partial charge on any atom is -0.362 e. The van der Waals surface area contributed by atoms with E-state index in [1.807, 2.05) is 35.3 Å². The lowest BCUT2D eigenvalue weighted by Crippen LogP contribution is -2.55. The summed E-state index contributed by atoms with van der Waals surface area (Å²) in [5, 5.41) is 14.6. The molecular formula is C23H23N5O4. The number of aldehydes is 1. The number of hydrogen-bond acceptors (Lipinski definition) is 7. The summed E-state index contributed by atoms with van der Waals surface area (Å²) in [6, 6.07) is 10.5. The van der Waals surface area contributed by atoms with E-state index >= 15 is 0 Å². The van der Waals surface area contributed by atoms with Crippen LogP contribution in [0.2, 0.25) is 0 Å². The third-order valence-electron chi connectivity index (χ3n) is 6.77. The number of amides is 1. The number of rotatable bonds is 6. The van der Waals surface area contributed by atoms with Crippen LogP contribution in [-0.2, 0) is 9.59 Å². The molecule has 1 aromatic heterocycles.